The Morgan fingerprint density at radius 1 is 1.08 bits per heavy atom. The van der Waals surface area contributed by atoms with Crippen LogP contribution in [0.5, 0.6) is 0 Å². The van der Waals surface area contributed by atoms with Gasteiger partial charge in [-0.25, -0.2) is 21.6 Å². The number of nitrogens with zero attached hydrogens (tertiary/aromatic N) is 1. The minimum absolute atomic E-state index is 0.0999. The SMILES string of the molecule is CN(C)C(c1ccc(S(=O)(=O)N[Si](C)(C)C(C)(C)C)cc1)C(F)F. The van der Waals surface area contributed by atoms with Gasteiger partial charge in [0.2, 0.25) is 10.0 Å². The van der Waals surface area contributed by atoms with Crippen molar-refractivity contribution in [2.75, 3.05) is 14.1 Å². The summed E-state index contributed by atoms with van der Waals surface area (Å²) in [5.74, 6) is 0. The summed E-state index contributed by atoms with van der Waals surface area (Å²) in [6, 6.07) is 4.64. The molecule has 0 radical (unpaired) electrons. The molecule has 1 aromatic carbocycles. The number of nitrogens with one attached hydrogen (secondary N) is 1. The van der Waals surface area contributed by atoms with Crippen LogP contribution in [0.2, 0.25) is 18.1 Å². The first-order valence-electron chi connectivity index (χ1n) is 7.77. The normalized spacial score (nSPS) is 15.1. The summed E-state index contributed by atoms with van der Waals surface area (Å²) < 4.78 is 54.4. The summed E-state index contributed by atoms with van der Waals surface area (Å²) in [5.41, 5.74) is 0.390. The van der Waals surface area contributed by atoms with Crippen LogP contribution in [-0.4, -0.2) is 42.1 Å². The molecule has 0 aliphatic heterocycles. The van der Waals surface area contributed by atoms with Gasteiger partial charge in [-0.05, 0) is 36.8 Å². The van der Waals surface area contributed by atoms with Crippen molar-refractivity contribution in [2.24, 2.45) is 0 Å². The van der Waals surface area contributed by atoms with Crippen LogP contribution >= 0.6 is 0 Å². The number of hydrogen-bond donors (Lipinski definition) is 1. The van der Waals surface area contributed by atoms with E-state index >= 15 is 0 Å². The van der Waals surface area contributed by atoms with Crippen LogP contribution in [-0.2, 0) is 10.0 Å². The molecule has 24 heavy (non-hydrogen) atoms. The zero-order chi connectivity index (χ0) is 18.9. The molecule has 1 aromatic rings. The number of hydrogen-bond acceptors (Lipinski definition) is 3. The van der Waals surface area contributed by atoms with Gasteiger partial charge in [-0.15, -0.1) is 0 Å². The number of benzene rings is 1. The van der Waals surface area contributed by atoms with Crippen LogP contribution in [0, 0.1) is 0 Å². The quantitative estimate of drug-likeness (QED) is 0.765. The average Bonchev–Trinajstić information content (AvgIpc) is 2.35. The Morgan fingerprint density at radius 2 is 1.54 bits per heavy atom. The maximum atomic E-state index is 13.2. The minimum atomic E-state index is -3.67. The van der Waals surface area contributed by atoms with Gasteiger partial charge in [0.25, 0.3) is 6.43 Å². The third kappa shape index (κ3) is 4.84. The molecule has 1 N–H and O–H groups in total. The summed E-state index contributed by atoms with van der Waals surface area (Å²) in [4.78, 5) is 1.52. The molecule has 0 aromatic heterocycles. The maximum absolute atomic E-state index is 13.2. The largest absolute Gasteiger partial charge is 0.298 e. The number of sulfonamides is 1. The Bertz CT molecular complexity index is 646. The third-order valence-electron chi connectivity index (χ3n) is 4.59. The lowest BCUT2D eigenvalue weighted by atomic mass is 10.1. The standard InChI is InChI=1S/C16H28F2N2O2SSi/c1-16(2,3)24(6,7)19-23(21,22)13-10-8-12(9-11-13)14(15(17)18)20(4)5/h8-11,14-15,19H,1-7H3. The van der Waals surface area contributed by atoms with E-state index in [2.05, 4.69) is 4.39 Å². The Kier molecular flexibility index (Phi) is 6.35. The van der Waals surface area contributed by atoms with Crippen LogP contribution in [0.4, 0.5) is 8.78 Å². The van der Waals surface area contributed by atoms with Gasteiger partial charge in [-0.1, -0.05) is 46.0 Å². The molecule has 1 rings (SSSR count). The predicted octanol–water partition coefficient (Wildman–Crippen LogP) is 3.84. The minimum Gasteiger partial charge on any atom is -0.298 e. The molecule has 0 amide bonds. The van der Waals surface area contributed by atoms with Crippen LogP contribution in [0.3, 0.4) is 0 Å². The second-order valence-electron chi connectivity index (χ2n) is 7.79. The van der Waals surface area contributed by atoms with Crippen molar-refractivity contribution in [2.45, 2.75) is 56.3 Å². The lowest BCUT2D eigenvalue weighted by Crippen LogP contribution is -2.54. The zero-order valence-electron chi connectivity index (χ0n) is 15.4. The molecular formula is C16H28F2N2O2SSi. The molecule has 4 nitrogen and oxygen atoms in total. The molecule has 0 aliphatic carbocycles. The summed E-state index contributed by atoms with van der Waals surface area (Å²) in [7, 11) is -2.79. The van der Waals surface area contributed by atoms with Crippen LogP contribution < -0.4 is 4.39 Å². The highest BCUT2D eigenvalue weighted by Crippen LogP contribution is 2.35. The molecule has 0 heterocycles. The highest BCUT2D eigenvalue weighted by atomic mass is 32.2. The van der Waals surface area contributed by atoms with E-state index in [1.54, 1.807) is 14.1 Å². The van der Waals surface area contributed by atoms with Gasteiger partial charge in [0.05, 0.1) is 10.9 Å². The lowest BCUT2D eigenvalue weighted by molar-refractivity contribution is 0.0488. The molecule has 0 spiro atoms. The van der Waals surface area contributed by atoms with Crippen molar-refractivity contribution in [3.8, 4) is 0 Å². The van der Waals surface area contributed by atoms with E-state index in [0.29, 0.717) is 5.56 Å². The fraction of sp³-hybridized carbons (Fsp3) is 0.625. The molecule has 0 bridgehead atoms. The van der Waals surface area contributed by atoms with E-state index in [9.17, 15) is 17.2 Å². The molecule has 0 fully saturated rings. The van der Waals surface area contributed by atoms with Crippen molar-refractivity contribution in [1.82, 2.24) is 9.29 Å². The van der Waals surface area contributed by atoms with Crippen molar-refractivity contribution in [3.63, 3.8) is 0 Å². The third-order valence-corrected chi connectivity index (χ3v) is 12.4. The fourth-order valence-electron chi connectivity index (χ4n) is 2.06. The Hall–Kier alpha value is -0.833. The predicted molar refractivity (Wildman–Crippen MR) is 96.4 cm³/mol. The number of rotatable bonds is 6. The summed E-state index contributed by atoms with van der Waals surface area (Å²) in [6.45, 7) is 9.94. The Labute approximate surface area is 145 Å². The van der Waals surface area contributed by atoms with Crippen molar-refractivity contribution < 1.29 is 17.2 Å². The first-order valence-corrected chi connectivity index (χ1v) is 12.3. The van der Waals surface area contributed by atoms with Gasteiger partial charge in [0, 0.05) is 0 Å². The molecule has 1 atom stereocenters. The number of halogens is 2. The first kappa shape index (κ1) is 21.2. The second-order valence-corrected chi connectivity index (χ2v) is 14.8. The van der Waals surface area contributed by atoms with Gasteiger partial charge in [-0.2, -0.15) is 0 Å². The highest BCUT2D eigenvalue weighted by Gasteiger charge is 2.39. The molecule has 8 heteroatoms. The van der Waals surface area contributed by atoms with Crippen LogP contribution in [0.25, 0.3) is 0 Å². The highest BCUT2D eigenvalue weighted by molar-refractivity contribution is 7.91. The van der Waals surface area contributed by atoms with Gasteiger partial charge in [0.1, 0.15) is 8.24 Å². The van der Waals surface area contributed by atoms with E-state index in [1.165, 1.54) is 29.2 Å². The van der Waals surface area contributed by atoms with Gasteiger partial charge in [-0.3, -0.25) is 4.90 Å². The number of alkyl halides is 2. The summed E-state index contributed by atoms with van der Waals surface area (Å²) >= 11 is 0. The van der Waals surface area contributed by atoms with Crippen molar-refractivity contribution >= 4 is 18.3 Å². The Balaban J connectivity index is 3.12. The van der Waals surface area contributed by atoms with Gasteiger partial charge < -0.3 is 0 Å². The van der Waals surface area contributed by atoms with E-state index in [1.807, 2.05) is 33.9 Å². The van der Waals surface area contributed by atoms with Crippen LogP contribution in [0.1, 0.15) is 32.4 Å². The molecular weight excluding hydrogens is 350 g/mol. The van der Waals surface area contributed by atoms with E-state index in [0.717, 1.165) is 0 Å². The Morgan fingerprint density at radius 3 is 1.88 bits per heavy atom. The maximum Gasteiger partial charge on any atom is 0.257 e. The van der Waals surface area contributed by atoms with E-state index in [4.69, 9.17) is 0 Å². The second kappa shape index (κ2) is 7.19. The zero-order valence-corrected chi connectivity index (χ0v) is 17.2. The van der Waals surface area contributed by atoms with Crippen molar-refractivity contribution in [1.29, 1.82) is 0 Å². The molecule has 0 aliphatic rings. The molecule has 138 valence electrons. The van der Waals surface area contributed by atoms with Gasteiger partial charge >= 0.3 is 0 Å². The lowest BCUT2D eigenvalue weighted by Gasteiger charge is -2.36. The first-order chi connectivity index (χ1) is 10.7. The van der Waals surface area contributed by atoms with Crippen molar-refractivity contribution in [3.05, 3.63) is 29.8 Å². The smallest absolute Gasteiger partial charge is 0.257 e. The fourth-order valence-corrected chi connectivity index (χ4v) is 6.94. The van der Waals surface area contributed by atoms with Gasteiger partial charge in [0.15, 0.2) is 0 Å². The summed E-state index contributed by atoms with van der Waals surface area (Å²) in [6.07, 6.45) is -2.55. The van der Waals surface area contributed by atoms with Crippen LogP contribution in [0.15, 0.2) is 29.2 Å². The average molecular weight is 379 g/mol. The molecule has 1 unspecified atom stereocenters. The molecule has 0 saturated heterocycles. The van der Waals surface area contributed by atoms with E-state index < -0.39 is 30.7 Å². The topological polar surface area (TPSA) is 49.4 Å². The summed E-state index contributed by atoms with van der Waals surface area (Å²) in [5, 5.41) is -0.147. The monoisotopic (exact) mass is 378 g/mol. The molecule has 0 saturated carbocycles. The van der Waals surface area contributed by atoms with E-state index in [-0.39, 0.29) is 9.93 Å².